The zero-order valence-corrected chi connectivity index (χ0v) is 9.26. The van der Waals surface area contributed by atoms with E-state index in [2.05, 4.69) is 22.2 Å². The van der Waals surface area contributed by atoms with Gasteiger partial charge in [0, 0.05) is 12.6 Å². The summed E-state index contributed by atoms with van der Waals surface area (Å²) in [6, 6.07) is 5.99. The maximum absolute atomic E-state index is 5.35. The molecule has 0 aliphatic heterocycles. The Hall–Kier alpha value is -1.68. The summed E-state index contributed by atoms with van der Waals surface area (Å²) in [7, 11) is 0. The van der Waals surface area contributed by atoms with E-state index >= 15 is 0 Å². The normalized spacial score (nSPS) is 12.6. The van der Waals surface area contributed by atoms with Crippen LogP contribution in [0, 0.1) is 0 Å². The minimum Gasteiger partial charge on any atom is -0.469 e. The van der Waals surface area contributed by atoms with E-state index in [1.807, 2.05) is 18.2 Å². The van der Waals surface area contributed by atoms with Gasteiger partial charge >= 0.3 is 0 Å². The fourth-order valence-electron chi connectivity index (χ4n) is 1.66. The molecule has 4 nitrogen and oxygen atoms in total. The predicted octanol–water partition coefficient (Wildman–Crippen LogP) is 1.96. The van der Waals surface area contributed by atoms with E-state index in [1.54, 1.807) is 18.8 Å². The molecule has 0 bridgehead atoms. The van der Waals surface area contributed by atoms with E-state index in [4.69, 9.17) is 4.42 Å². The molecule has 0 aliphatic rings. The Labute approximate surface area is 94.7 Å². The van der Waals surface area contributed by atoms with E-state index < -0.39 is 0 Å². The molecule has 2 aromatic heterocycles. The largest absolute Gasteiger partial charge is 0.469 e. The van der Waals surface area contributed by atoms with Crippen LogP contribution in [0.1, 0.15) is 24.4 Å². The van der Waals surface area contributed by atoms with Crippen LogP contribution in [0.15, 0.2) is 41.4 Å². The highest BCUT2D eigenvalue weighted by Crippen LogP contribution is 2.15. The number of nitrogens with one attached hydrogen (secondary N) is 1. The molecular weight excluding hydrogens is 202 g/mol. The monoisotopic (exact) mass is 217 g/mol. The van der Waals surface area contributed by atoms with Crippen molar-refractivity contribution in [1.82, 2.24) is 15.3 Å². The van der Waals surface area contributed by atoms with Crippen molar-refractivity contribution in [3.63, 3.8) is 0 Å². The molecule has 2 rings (SSSR count). The van der Waals surface area contributed by atoms with Crippen LogP contribution in [0.4, 0.5) is 0 Å². The van der Waals surface area contributed by atoms with Crippen LogP contribution in [0.2, 0.25) is 0 Å². The van der Waals surface area contributed by atoms with Gasteiger partial charge in [-0.05, 0) is 24.7 Å². The van der Waals surface area contributed by atoms with Crippen LogP contribution in [-0.2, 0) is 6.42 Å². The minimum atomic E-state index is 0.180. The molecular formula is C12H15N3O. The Morgan fingerprint density at radius 2 is 2.38 bits per heavy atom. The summed E-state index contributed by atoms with van der Waals surface area (Å²) in [5.74, 6) is 0.963. The van der Waals surface area contributed by atoms with Gasteiger partial charge in [0.05, 0.1) is 18.0 Å². The molecule has 2 heterocycles. The van der Waals surface area contributed by atoms with Crippen LogP contribution in [0.25, 0.3) is 0 Å². The van der Waals surface area contributed by atoms with Gasteiger partial charge in [0.1, 0.15) is 12.1 Å². The van der Waals surface area contributed by atoms with E-state index in [0.717, 1.165) is 24.4 Å². The molecule has 0 saturated heterocycles. The molecule has 1 unspecified atom stereocenters. The lowest BCUT2D eigenvalue weighted by atomic mass is 10.1. The number of nitrogens with zero attached hydrogens (tertiary/aromatic N) is 2. The van der Waals surface area contributed by atoms with Crippen molar-refractivity contribution < 1.29 is 4.42 Å². The number of likely N-dealkylation sites (N-methyl/N-ethyl adjacent to an activating group) is 1. The molecule has 84 valence electrons. The number of furan rings is 1. The highest BCUT2D eigenvalue weighted by Gasteiger charge is 2.13. The first-order valence-corrected chi connectivity index (χ1v) is 5.42. The Balaban J connectivity index is 2.11. The topological polar surface area (TPSA) is 51.0 Å². The lowest BCUT2D eigenvalue weighted by molar-refractivity contribution is 0.449. The summed E-state index contributed by atoms with van der Waals surface area (Å²) >= 11 is 0. The lowest BCUT2D eigenvalue weighted by Crippen LogP contribution is -2.23. The molecule has 0 radical (unpaired) electrons. The van der Waals surface area contributed by atoms with E-state index in [0.29, 0.717) is 0 Å². The minimum absolute atomic E-state index is 0.180. The van der Waals surface area contributed by atoms with Crippen molar-refractivity contribution >= 4 is 0 Å². The van der Waals surface area contributed by atoms with E-state index in [-0.39, 0.29) is 6.04 Å². The standard InChI is InChI=1S/C12H15N3O/c1-2-14-12(8-10-4-3-7-16-10)11-5-6-13-9-15-11/h3-7,9,12,14H,2,8H2,1H3. The Morgan fingerprint density at radius 1 is 1.44 bits per heavy atom. The molecule has 2 aromatic rings. The average Bonchev–Trinajstić information content (AvgIpc) is 2.83. The molecule has 1 atom stereocenters. The van der Waals surface area contributed by atoms with Crippen LogP contribution in [0.3, 0.4) is 0 Å². The Kier molecular flexibility index (Phi) is 3.66. The van der Waals surface area contributed by atoms with Gasteiger partial charge in [-0.25, -0.2) is 9.97 Å². The maximum Gasteiger partial charge on any atom is 0.115 e. The molecule has 0 spiro atoms. The average molecular weight is 217 g/mol. The first kappa shape index (κ1) is 10.8. The fourth-order valence-corrected chi connectivity index (χ4v) is 1.66. The molecule has 4 heteroatoms. The molecule has 0 saturated carbocycles. The maximum atomic E-state index is 5.35. The van der Waals surface area contributed by atoms with Gasteiger partial charge in [0.2, 0.25) is 0 Å². The molecule has 0 aliphatic carbocycles. The van der Waals surface area contributed by atoms with Crippen LogP contribution in [-0.4, -0.2) is 16.5 Å². The summed E-state index contributed by atoms with van der Waals surface area (Å²) in [5.41, 5.74) is 0.994. The van der Waals surface area contributed by atoms with Crippen molar-refractivity contribution in [1.29, 1.82) is 0 Å². The first-order chi connectivity index (χ1) is 7.90. The fraction of sp³-hybridized carbons (Fsp3) is 0.333. The first-order valence-electron chi connectivity index (χ1n) is 5.42. The Bertz CT molecular complexity index is 399. The third-order valence-electron chi connectivity index (χ3n) is 2.40. The zero-order chi connectivity index (χ0) is 11.2. The van der Waals surface area contributed by atoms with Gasteiger partial charge in [-0.1, -0.05) is 6.92 Å². The molecule has 0 aromatic carbocycles. The molecule has 1 N–H and O–H groups in total. The SMILES string of the molecule is CCNC(Cc1ccco1)c1ccncn1. The smallest absolute Gasteiger partial charge is 0.115 e. The van der Waals surface area contributed by atoms with Crippen LogP contribution < -0.4 is 5.32 Å². The van der Waals surface area contributed by atoms with Gasteiger partial charge in [0.25, 0.3) is 0 Å². The second-order valence-electron chi connectivity index (χ2n) is 3.53. The summed E-state index contributed by atoms with van der Waals surface area (Å²) in [5, 5.41) is 3.39. The quantitative estimate of drug-likeness (QED) is 0.831. The Morgan fingerprint density at radius 3 is 3.00 bits per heavy atom. The lowest BCUT2D eigenvalue weighted by Gasteiger charge is -2.15. The van der Waals surface area contributed by atoms with Crippen molar-refractivity contribution in [2.75, 3.05) is 6.54 Å². The summed E-state index contributed by atoms with van der Waals surface area (Å²) in [4.78, 5) is 8.19. The molecule has 0 amide bonds. The van der Waals surface area contributed by atoms with Crippen molar-refractivity contribution in [2.45, 2.75) is 19.4 Å². The third-order valence-corrected chi connectivity index (χ3v) is 2.40. The predicted molar refractivity (Wildman–Crippen MR) is 60.9 cm³/mol. The summed E-state index contributed by atoms with van der Waals surface area (Å²) < 4.78 is 5.35. The second-order valence-corrected chi connectivity index (χ2v) is 3.53. The van der Waals surface area contributed by atoms with Crippen molar-refractivity contribution in [3.8, 4) is 0 Å². The summed E-state index contributed by atoms with van der Waals surface area (Å²) in [6.45, 7) is 2.98. The summed E-state index contributed by atoms with van der Waals surface area (Å²) in [6.07, 6.45) is 5.83. The van der Waals surface area contributed by atoms with Crippen LogP contribution >= 0.6 is 0 Å². The highest BCUT2D eigenvalue weighted by molar-refractivity contribution is 5.10. The van der Waals surface area contributed by atoms with Gasteiger partial charge in [0.15, 0.2) is 0 Å². The van der Waals surface area contributed by atoms with Gasteiger partial charge in [-0.15, -0.1) is 0 Å². The molecule has 16 heavy (non-hydrogen) atoms. The third kappa shape index (κ3) is 2.67. The van der Waals surface area contributed by atoms with E-state index in [9.17, 15) is 0 Å². The second kappa shape index (κ2) is 5.42. The number of hydrogen-bond acceptors (Lipinski definition) is 4. The number of hydrogen-bond donors (Lipinski definition) is 1. The van der Waals surface area contributed by atoms with Crippen LogP contribution in [0.5, 0.6) is 0 Å². The van der Waals surface area contributed by atoms with Crippen molar-refractivity contribution in [3.05, 3.63) is 48.4 Å². The van der Waals surface area contributed by atoms with E-state index in [1.165, 1.54) is 0 Å². The molecule has 0 fully saturated rings. The van der Waals surface area contributed by atoms with Gasteiger partial charge in [-0.2, -0.15) is 0 Å². The van der Waals surface area contributed by atoms with Gasteiger partial charge < -0.3 is 9.73 Å². The van der Waals surface area contributed by atoms with Gasteiger partial charge in [-0.3, -0.25) is 0 Å². The highest BCUT2D eigenvalue weighted by atomic mass is 16.3. The zero-order valence-electron chi connectivity index (χ0n) is 9.26. The van der Waals surface area contributed by atoms with Crippen molar-refractivity contribution in [2.24, 2.45) is 0 Å². The number of aromatic nitrogens is 2. The number of rotatable bonds is 5.